The minimum atomic E-state index is -0.948. The third-order valence-corrected chi connectivity index (χ3v) is 5.50. The van der Waals surface area contributed by atoms with Crippen LogP contribution in [0.3, 0.4) is 0 Å². The molecule has 0 spiro atoms. The SMILES string of the molecule is O=C(CSc1nc(Nc2ccc(F)c(F)c2)c2ccccc2n1)NCC1CCCO1. The molecule has 1 atom stereocenters. The van der Waals surface area contributed by atoms with Gasteiger partial charge in [-0.3, -0.25) is 4.79 Å². The number of fused-ring (bicyclic) bond motifs is 1. The zero-order valence-electron chi connectivity index (χ0n) is 16.0. The van der Waals surface area contributed by atoms with Crippen molar-refractivity contribution in [3.63, 3.8) is 0 Å². The lowest BCUT2D eigenvalue weighted by Crippen LogP contribution is -2.32. The Bertz CT molecular complexity index is 1060. The highest BCUT2D eigenvalue weighted by atomic mass is 32.2. The van der Waals surface area contributed by atoms with Crippen LogP contribution >= 0.6 is 11.8 Å². The summed E-state index contributed by atoms with van der Waals surface area (Å²) in [5.41, 5.74) is 1.04. The minimum absolute atomic E-state index is 0.0859. The van der Waals surface area contributed by atoms with Crippen LogP contribution in [-0.4, -0.2) is 40.9 Å². The van der Waals surface area contributed by atoms with Crippen LogP contribution in [0.5, 0.6) is 0 Å². The number of nitrogens with one attached hydrogen (secondary N) is 2. The fourth-order valence-corrected chi connectivity index (χ4v) is 3.82. The first kappa shape index (κ1) is 20.5. The summed E-state index contributed by atoms with van der Waals surface area (Å²) in [7, 11) is 0. The molecule has 1 unspecified atom stereocenters. The standard InChI is InChI=1S/C21H20F2N4O2S/c22-16-8-7-13(10-17(16)23)25-20-15-5-1-2-6-18(15)26-21(27-20)30-12-19(28)24-11-14-4-3-9-29-14/h1-2,5-8,10,14H,3-4,9,11-12H2,(H,24,28)(H,25,26,27). The molecule has 6 nitrogen and oxygen atoms in total. The minimum Gasteiger partial charge on any atom is -0.376 e. The predicted octanol–water partition coefficient (Wildman–Crippen LogP) is 4.04. The third-order valence-electron chi connectivity index (χ3n) is 4.65. The van der Waals surface area contributed by atoms with Gasteiger partial charge in [-0.25, -0.2) is 18.7 Å². The Kier molecular flexibility index (Phi) is 6.39. The van der Waals surface area contributed by atoms with Crippen molar-refractivity contribution in [2.24, 2.45) is 0 Å². The molecular weight excluding hydrogens is 410 g/mol. The molecule has 0 aliphatic carbocycles. The summed E-state index contributed by atoms with van der Waals surface area (Å²) < 4.78 is 32.3. The van der Waals surface area contributed by atoms with E-state index in [1.54, 1.807) is 0 Å². The van der Waals surface area contributed by atoms with Crippen LogP contribution in [0.15, 0.2) is 47.6 Å². The summed E-state index contributed by atoms with van der Waals surface area (Å²) in [5.74, 6) is -1.37. The van der Waals surface area contributed by atoms with Crippen molar-refractivity contribution in [1.29, 1.82) is 0 Å². The molecule has 30 heavy (non-hydrogen) atoms. The maximum atomic E-state index is 13.6. The van der Waals surface area contributed by atoms with Gasteiger partial charge in [0, 0.05) is 30.3 Å². The second-order valence-corrected chi connectivity index (χ2v) is 7.80. The van der Waals surface area contributed by atoms with Gasteiger partial charge in [0.1, 0.15) is 5.82 Å². The Balaban J connectivity index is 1.48. The molecule has 9 heteroatoms. The average Bonchev–Trinajstić information content (AvgIpc) is 3.27. The third kappa shape index (κ3) is 5.03. The summed E-state index contributed by atoms with van der Waals surface area (Å²) in [5, 5.41) is 7.02. The molecule has 2 aromatic carbocycles. The quantitative estimate of drug-likeness (QED) is 0.435. The van der Waals surface area contributed by atoms with E-state index < -0.39 is 11.6 Å². The molecule has 156 valence electrons. The highest BCUT2D eigenvalue weighted by Gasteiger charge is 2.17. The van der Waals surface area contributed by atoms with Gasteiger partial charge < -0.3 is 15.4 Å². The van der Waals surface area contributed by atoms with Crippen LogP contribution in [0.25, 0.3) is 10.9 Å². The van der Waals surface area contributed by atoms with Crippen molar-refractivity contribution in [2.75, 3.05) is 24.2 Å². The van der Waals surface area contributed by atoms with E-state index in [9.17, 15) is 13.6 Å². The first-order chi connectivity index (χ1) is 14.6. The smallest absolute Gasteiger partial charge is 0.230 e. The van der Waals surface area contributed by atoms with Crippen LogP contribution in [0.4, 0.5) is 20.3 Å². The summed E-state index contributed by atoms with van der Waals surface area (Å²) in [4.78, 5) is 21.1. The number of para-hydroxylation sites is 1. The van der Waals surface area contributed by atoms with Gasteiger partial charge in [0.05, 0.1) is 17.4 Å². The number of benzene rings is 2. The maximum Gasteiger partial charge on any atom is 0.230 e. The average molecular weight is 430 g/mol. The van der Waals surface area contributed by atoms with Crippen molar-refractivity contribution in [3.05, 3.63) is 54.1 Å². The van der Waals surface area contributed by atoms with Crippen molar-refractivity contribution < 1.29 is 18.3 Å². The molecule has 1 aliphatic rings. The van der Waals surface area contributed by atoms with Gasteiger partial charge in [0.25, 0.3) is 0 Å². The second-order valence-electron chi connectivity index (χ2n) is 6.85. The zero-order chi connectivity index (χ0) is 20.9. The van der Waals surface area contributed by atoms with E-state index in [-0.39, 0.29) is 17.8 Å². The Morgan fingerprint density at radius 1 is 1.17 bits per heavy atom. The van der Waals surface area contributed by atoms with Gasteiger partial charge in [-0.2, -0.15) is 0 Å². The predicted molar refractivity (Wildman–Crippen MR) is 112 cm³/mol. The van der Waals surface area contributed by atoms with Crippen LogP contribution in [0, 0.1) is 11.6 Å². The zero-order valence-corrected chi connectivity index (χ0v) is 16.8. The molecule has 3 aromatic rings. The van der Waals surface area contributed by atoms with Crippen molar-refractivity contribution in [2.45, 2.75) is 24.1 Å². The molecule has 4 rings (SSSR count). The number of carbonyl (C=O) groups is 1. The van der Waals surface area contributed by atoms with Gasteiger partial charge in [-0.1, -0.05) is 23.9 Å². The molecule has 1 aromatic heterocycles. The monoisotopic (exact) mass is 430 g/mol. The first-order valence-corrected chi connectivity index (χ1v) is 10.6. The number of ether oxygens (including phenoxy) is 1. The van der Waals surface area contributed by atoms with E-state index in [4.69, 9.17) is 4.74 Å². The Morgan fingerprint density at radius 3 is 2.83 bits per heavy atom. The van der Waals surface area contributed by atoms with Gasteiger partial charge in [0.2, 0.25) is 5.91 Å². The van der Waals surface area contributed by atoms with Crippen LogP contribution in [0.2, 0.25) is 0 Å². The normalized spacial score (nSPS) is 16.0. The number of hydrogen-bond donors (Lipinski definition) is 2. The van der Waals surface area contributed by atoms with Gasteiger partial charge in [-0.15, -0.1) is 0 Å². The van der Waals surface area contributed by atoms with E-state index in [1.807, 2.05) is 24.3 Å². The fourth-order valence-electron chi connectivity index (χ4n) is 3.14. The van der Waals surface area contributed by atoms with Crippen LogP contribution in [-0.2, 0) is 9.53 Å². The number of hydrogen-bond acceptors (Lipinski definition) is 6. The van der Waals surface area contributed by atoms with E-state index in [0.29, 0.717) is 28.7 Å². The molecular formula is C21H20F2N4O2S. The van der Waals surface area contributed by atoms with E-state index in [1.165, 1.54) is 17.8 Å². The molecule has 1 aliphatic heterocycles. The molecule has 1 fully saturated rings. The second kappa shape index (κ2) is 9.36. The van der Waals surface area contributed by atoms with Gasteiger partial charge in [0.15, 0.2) is 16.8 Å². The lowest BCUT2D eigenvalue weighted by Gasteiger charge is -2.12. The Hall–Kier alpha value is -2.78. The number of halogens is 2. The lowest BCUT2D eigenvalue weighted by molar-refractivity contribution is -0.119. The maximum absolute atomic E-state index is 13.6. The van der Waals surface area contributed by atoms with Gasteiger partial charge in [-0.05, 0) is 37.1 Å². The molecule has 1 saturated heterocycles. The number of anilines is 2. The largest absolute Gasteiger partial charge is 0.376 e. The first-order valence-electron chi connectivity index (χ1n) is 9.58. The Morgan fingerprint density at radius 2 is 2.03 bits per heavy atom. The lowest BCUT2D eigenvalue weighted by atomic mass is 10.2. The molecule has 1 amide bonds. The number of carbonyl (C=O) groups excluding carboxylic acids is 1. The fraction of sp³-hybridized carbons (Fsp3) is 0.286. The van der Waals surface area contributed by atoms with Crippen LogP contribution < -0.4 is 10.6 Å². The highest BCUT2D eigenvalue weighted by Crippen LogP contribution is 2.27. The molecule has 0 radical (unpaired) electrons. The number of aromatic nitrogens is 2. The summed E-state index contributed by atoms with van der Waals surface area (Å²) >= 11 is 1.21. The van der Waals surface area contributed by atoms with Crippen molar-refractivity contribution in [1.82, 2.24) is 15.3 Å². The molecule has 0 saturated carbocycles. The number of thioether (sulfide) groups is 1. The molecule has 2 heterocycles. The molecule has 2 N–H and O–H groups in total. The van der Waals surface area contributed by atoms with E-state index >= 15 is 0 Å². The topological polar surface area (TPSA) is 76.1 Å². The number of nitrogens with zero attached hydrogens (tertiary/aromatic N) is 2. The van der Waals surface area contributed by atoms with Crippen LogP contribution in [0.1, 0.15) is 12.8 Å². The van der Waals surface area contributed by atoms with Crippen molar-refractivity contribution in [3.8, 4) is 0 Å². The molecule has 0 bridgehead atoms. The van der Waals surface area contributed by atoms with E-state index in [0.717, 1.165) is 37.0 Å². The van der Waals surface area contributed by atoms with E-state index in [2.05, 4.69) is 20.6 Å². The summed E-state index contributed by atoms with van der Waals surface area (Å²) in [6.45, 7) is 1.24. The number of rotatable bonds is 7. The number of amides is 1. The highest BCUT2D eigenvalue weighted by molar-refractivity contribution is 7.99. The van der Waals surface area contributed by atoms with Crippen molar-refractivity contribution >= 4 is 40.1 Å². The summed E-state index contributed by atoms with van der Waals surface area (Å²) in [6, 6.07) is 10.9. The summed E-state index contributed by atoms with van der Waals surface area (Å²) in [6.07, 6.45) is 2.07. The van der Waals surface area contributed by atoms with Gasteiger partial charge >= 0.3 is 0 Å². The Labute approximate surface area is 176 Å².